The second-order valence-electron chi connectivity index (χ2n) is 6.92. The molecule has 2 heteroatoms. The molecule has 1 nitrogen and oxygen atoms in total. The smallest absolute Gasteiger partial charge is 0.123 e. The Balaban J connectivity index is 1.96. The lowest BCUT2D eigenvalue weighted by Crippen LogP contribution is -2.40. The molecule has 1 unspecified atom stereocenters. The molecule has 0 heterocycles. The summed E-state index contributed by atoms with van der Waals surface area (Å²) < 4.78 is 13.4. The van der Waals surface area contributed by atoms with Gasteiger partial charge in [-0.05, 0) is 74.1 Å². The maximum absolute atomic E-state index is 13.4. The highest BCUT2D eigenvalue weighted by atomic mass is 19.1. The first kappa shape index (κ1) is 16.5. The summed E-state index contributed by atoms with van der Waals surface area (Å²) >= 11 is 0. The van der Waals surface area contributed by atoms with Crippen LogP contribution in [-0.2, 0) is 6.42 Å². The van der Waals surface area contributed by atoms with Gasteiger partial charge < -0.3 is 5.32 Å². The third-order valence-corrected chi connectivity index (χ3v) is 5.14. The van der Waals surface area contributed by atoms with Gasteiger partial charge in [0.25, 0.3) is 0 Å². The van der Waals surface area contributed by atoms with E-state index in [9.17, 15) is 4.39 Å². The van der Waals surface area contributed by atoms with Crippen molar-refractivity contribution in [3.63, 3.8) is 0 Å². The summed E-state index contributed by atoms with van der Waals surface area (Å²) in [7, 11) is 0. The maximum atomic E-state index is 13.4. The van der Waals surface area contributed by atoms with Gasteiger partial charge in [0.1, 0.15) is 5.82 Å². The lowest BCUT2D eigenvalue weighted by molar-refractivity contribution is 0.188. The topological polar surface area (TPSA) is 12.0 Å². The number of likely N-dealkylation sites (N-methyl/N-ethyl adjacent to an activating group) is 1. The van der Waals surface area contributed by atoms with E-state index in [1.807, 2.05) is 12.1 Å². The Kier molecular flexibility index (Phi) is 6.22. The molecule has 0 aromatic heterocycles. The van der Waals surface area contributed by atoms with Crippen LogP contribution in [0.2, 0.25) is 0 Å². The summed E-state index contributed by atoms with van der Waals surface area (Å²) in [5, 5.41) is 3.64. The second kappa shape index (κ2) is 7.93. The van der Waals surface area contributed by atoms with Crippen molar-refractivity contribution in [2.24, 2.45) is 17.8 Å². The lowest BCUT2D eigenvalue weighted by Gasteiger charge is -2.36. The molecule has 1 aromatic rings. The minimum Gasteiger partial charge on any atom is -0.314 e. The minimum atomic E-state index is -0.119. The van der Waals surface area contributed by atoms with E-state index in [1.165, 1.54) is 31.7 Å². The predicted octanol–water partition coefficient (Wildman–Crippen LogP) is 4.81. The Morgan fingerprint density at radius 2 is 1.81 bits per heavy atom. The first-order chi connectivity index (χ1) is 10.1. The van der Waals surface area contributed by atoms with Crippen LogP contribution >= 0.6 is 0 Å². The van der Waals surface area contributed by atoms with Crippen molar-refractivity contribution in [3.8, 4) is 0 Å². The SMILES string of the molecule is CCNC(Cc1cccc(F)c1)C1CCC(C(C)C)CC1. The molecule has 0 radical (unpaired) electrons. The van der Waals surface area contributed by atoms with E-state index >= 15 is 0 Å². The normalized spacial score (nSPS) is 24.2. The summed E-state index contributed by atoms with van der Waals surface area (Å²) in [6, 6.07) is 7.57. The van der Waals surface area contributed by atoms with Crippen LogP contribution in [0.25, 0.3) is 0 Å². The quantitative estimate of drug-likeness (QED) is 0.793. The molecule has 0 amide bonds. The first-order valence-corrected chi connectivity index (χ1v) is 8.58. The van der Waals surface area contributed by atoms with Crippen LogP contribution in [0.5, 0.6) is 0 Å². The Bertz CT molecular complexity index is 421. The molecule has 0 saturated heterocycles. The molecule has 0 aliphatic heterocycles. The van der Waals surface area contributed by atoms with Crippen molar-refractivity contribution in [2.45, 2.75) is 58.9 Å². The van der Waals surface area contributed by atoms with E-state index in [1.54, 1.807) is 6.07 Å². The van der Waals surface area contributed by atoms with Crippen molar-refractivity contribution in [2.75, 3.05) is 6.54 Å². The molecule has 1 aromatic carbocycles. The van der Waals surface area contributed by atoms with Gasteiger partial charge in [-0.15, -0.1) is 0 Å². The molecule has 21 heavy (non-hydrogen) atoms. The van der Waals surface area contributed by atoms with Crippen molar-refractivity contribution in [1.82, 2.24) is 5.32 Å². The molecule has 1 saturated carbocycles. The summed E-state index contributed by atoms with van der Waals surface area (Å²) in [6.07, 6.45) is 6.29. The number of benzene rings is 1. The van der Waals surface area contributed by atoms with Crippen LogP contribution in [-0.4, -0.2) is 12.6 Å². The van der Waals surface area contributed by atoms with Crippen LogP contribution in [0, 0.1) is 23.6 Å². The van der Waals surface area contributed by atoms with Gasteiger partial charge in [0.15, 0.2) is 0 Å². The molecule has 118 valence electrons. The Morgan fingerprint density at radius 1 is 1.14 bits per heavy atom. The van der Waals surface area contributed by atoms with Crippen molar-refractivity contribution >= 4 is 0 Å². The monoisotopic (exact) mass is 291 g/mol. The fourth-order valence-corrected chi connectivity index (χ4v) is 3.80. The fourth-order valence-electron chi connectivity index (χ4n) is 3.80. The zero-order chi connectivity index (χ0) is 15.2. The van der Waals surface area contributed by atoms with E-state index in [-0.39, 0.29) is 5.82 Å². The molecule has 1 fully saturated rings. The van der Waals surface area contributed by atoms with E-state index in [2.05, 4.69) is 26.1 Å². The third kappa shape index (κ3) is 4.81. The summed E-state index contributed by atoms with van der Waals surface area (Å²) in [5.74, 6) is 2.33. The highest BCUT2D eigenvalue weighted by Crippen LogP contribution is 2.35. The maximum Gasteiger partial charge on any atom is 0.123 e. The van der Waals surface area contributed by atoms with Crippen LogP contribution in [0.3, 0.4) is 0 Å². The Labute approximate surface area is 129 Å². The van der Waals surface area contributed by atoms with Crippen LogP contribution in [0.15, 0.2) is 24.3 Å². The molecular weight excluding hydrogens is 261 g/mol. The molecule has 1 N–H and O–H groups in total. The van der Waals surface area contributed by atoms with Gasteiger partial charge in [0.05, 0.1) is 0 Å². The van der Waals surface area contributed by atoms with E-state index < -0.39 is 0 Å². The second-order valence-corrected chi connectivity index (χ2v) is 6.92. The summed E-state index contributed by atoms with van der Waals surface area (Å²) in [5.41, 5.74) is 1.12. The number of hydrogen-bond donors (Lipinski definition) is 1. The minimum absolute atomic E-state index is 0.119. The first-order valence-electron chi connectivity index (χ1n) is 8.58. The van der Waals surface area contributed by atoms with Gasteiger partial charge in [-0.2, -0.15) is 0 Å². The standard InChI is InChI=1S/C19H30FN/c1-4-21-19(13-15-6-5-7-18(20)12-15)17-10-8-16(9-11-17)14(2)3/h5-7,12,14,16-17,19,21H,4,8-11,13H2,1-3H3. The van der Waals surface area contributed by atoms with E-state index in [0.29, 0.717) is 6.04 Å². The Hall–Kier alpha value is -0.890. The molecule has 0 bridgehead atoms. The molecule has 1 aliphatic rings. The van der Waals surface area contributed by atoms with Crippen molar-refractivity contribution < 1.29 is 4.39 Å². The van der Waals surface area contributed by atoms with Crippen molar-refractivity contribution in [3.05, 3.63) is 35.6 Å². The predicted molar refractivity (Wildman–Crippen MR) is 87.9 cm³/mol. The number of nitrogens with one attached hydrogen (secondary N) is 1. The van der Waals surface area contributed by atoms with Gasteiger partial charge in [-0.3, -0.25) is 0 Å². The molecule has 1 atom stereocenters. The zero-order valence-electron chi connectivity index (χ0n) is 13.7. The van der Waals surface area contributed by atoms with Gasteiger partial charge in [0.2, 0.25) is 0 Å². The molecule has 0 spiro atoms. The number of hydrogen-bond acceptors (Lipinski definition) is 1. The zero-order valence-corrected chi connectivity index (χ0v) is 13.7. The van der Waals surface area contributed by atoms with Crippen molar-refractivity contribution in [1.29, 1.82) is 0 Å². The largest absolute Gasteiger partial charge is 0.314 e. The van der Waals surface area contributed by atoms with Crippen LogP contribution < -0.4 is 5.32 Å². The van der Waals surface area contributed by atoms with Gasteiger partial charge in [-0.1, -0.05) is 32.9 Å². The average molecular weight is 291 g/mol. The number of rotatable bonds is 6. The highest BCUT2D eigenvalue weighted by Gasteiger charge is 2.28. The molecule has 2 rings (SSSR count). The van der Waals surface area contributed by atoms with E-state index in [0.717, 1.165) is 36.3 Å². The average Bonchev–Trinajstić information content (AvgIpc) is 2.47. The summed E-state index contributed by atoms with van der Waals surface area (Å²) in [4.78, 5) is 0. The molecular formula is C19H30FN. The fraction of sp³-hybridized carbons (Fsp3) is 0.684. The summed E-state index contributed by atoms with van der Waals surface area (Å²) in [6.45, 7) is 7.85. The van der Waals surface area contributed by atoms with Gasteiger partial charge >= 0.3 is 0 Å². The third-order valence-electron chi connectivity index (χ3n) is 5.14. The van der Waals surface area contributed by atoms with Crippen LogP contribution in [0.4, 0.5) is 4.39 Å². The molecule has 1 aliphatic carbocycles. The number of halogens is 1. The highest BCUT2D eigenvalue weighted by molar-refractivity contribution is 5.17. The van der Waals surface area contributed by atoms with E-state index in [4.69, 9.17) is 0 Å². The lowest BCUT2D eigenvalue weighted by atomic mass is 9.73. The van der Waals surface area contributed by atoms with Gasteiger partial charge in [-0.25, -0.2) is 4.39 Å². The van der Waals surface area contributed by atoms with Gasteiger partial charge in [0, 0.05) is 6.04 Å². The van der Waals surface area contributed by atoms with Crippen LogP contribution in [0.1, 0.15) is 52.0 Å². The Morgan fingerprint density at radius 3 is 2.38 bits per heavy atom.